The molecule has 2 aromatic carbocycles. The number of halogens is 2. The zero-order chi connectivity index (χ0) is 32.8. The lowest BCUT2D eigenvalue weighted by atomic mass is 10.0. The lowest BCUT2D eigenvalue weighted by Gasteiger charge is -2.09. The number of nitrogens with one attached hydrogen (secondary N) is 3. The largest absolute Gasteiger partial charge is 0.383 e. The topological polar surface area (TPSA) is 188 Å². The second-order valence-corrected chi connectivity index (χ2v) is 13.3. The number of hydrogen-bond donors (Lipinski definition) is 4. The molecule has 0 aliphatic carbocycles. The zero-order valence-corrected chi connectivity index (χ0v) is 27.2. The van der Waals surface area contributed by atoms with E-state index in [0.29, 0.717) is 49.4 Å². The number of nitrogens with two attached hydrogens (primary N) is 1. The molecule has 12 nitrogen and oxygen atoms in total. The Labute approximate surface area is 268 Å². The third-order valence-electron chi connectivity index (χ3n) is 5.81. The number of ketones is 1. The molecular formula is C28H29Cl2N7O5S2. The predicted octanol–water partition coefficient (Wildman–Crippen LogP) is 4.25. The molecule has 0 radical (unpaired) electrons. The highest BCUT2D eigenvalue weighted by atomic mass is 35.5. The Kier molecular flexibility index (Phi) is 11.5. The molecule has 0 spiro atoms. The summed E-state index contributed by atoms with van der Waals surface area (Å²) in [6.45, 7) is 0. The molecule has 232 valence electrons. The molecule has 44 heavy (non-hydrogen) atoms. The van der Waals surface area contributed by atoms with Gasteiger partial charge in [-0.2, -0.15) is 0 Å². The van der Waals surface area contributed by atoms with Crippen LogP contribution >= 0.6 is 35.0 Å². The molecule has 0 unspecified atom stereocenters. The van der Waals surface area contributed by atoms with E-state index in [2.05, 4.69) is 20.6 Å². The van der Waals surface area contributed by atoms with Crippen LogP contribution in [0.1, 0.15) is 22.3 Å². The van der Waals surface area contributed by atoms with E-state index in [1.807, 2.05) is 14.1 Å². The van der Waals surface area contributed by atoms with Crippen molar-refractivity contribution in [2.24, 2.45) is 5.73 Å². The number of thioether (sulfide) groups is 1. The van der Waals surface area contributed by atoms with Crippen molar-refractivity contribution in [3.05, 3.63) is 75.5 Å². The summed E-state index contributed by atoms with van der Waals surface area (Å²) in [5, 5.41) is 12.8. The Balaban J connectivity index is 0.000000211. The number of carbonyl (C=O) groups is 3. The van der Waals surface area contributed by atoms with Gasteiger partial charge in [0.25, 0.3) is 0 Å². The number of benzene rings is 2. The van der Waals surface area contributed by atoms with Crippen LogP contribution in [0.2, 0.25) is 10.0 Å². The van der Waals surface area contributed by atoms with E-state index in [9.17, 15) is 22.8 Å². The van der Waals surface area contributed by atoms with Gasteiger partial charge in [0.05, 0.1) is 29.9 Å². The number of Topliss-reactive ketones (excluding diaryl/α,β-unsaturated/α-hetero) is 1. The maximum atomic E-state index is 12.3. The van der Waals surface area contributed by atoms with Crippen molar-refractivity contribution in [3.63, 3.8) is 0 Å². The molecule has 1 aromatic heterocycles. The van der Waals surface area contributed by atoms with Crippen LogP contribution in [0.5, 0.6) is 0 Å². The smallest absolute Gasteiger partial charge is 0.247 e. The maximum Gasteiger partial charge on any atom is 0.247 e. The Bertz CT molecular complexity index is 1780. The van der Waals surface area contributed by atoms with E-state index in [1.165, 1.54) is 18.0 Å². The minimum atomic E-state index is -3.53. The number of amidine groups is 1. The van der Waals surface area contributed by atoms with E-state index in [4.69, 9.17) is 34.3 Å². The number of nitrogens with zero attached hydrogens (tertiary/aromatic N) is 3. The van der Waals surface area contributed by atoms with Crippen molar-refractivity contribution in [1.29, 1.82) is 5.41 Å². The van der Waals surface area contributed by atoms with Crippen molar-refractivity contribution in [3.8, 4) is 11.3 Å². The van der Waals surface area contributed by atoms with Crippen LogP contribution in [0, 0.1) is 5.41 Å². The molecule has 2 aliphatic heterocycles. The number of carbonyl (C=O) groups excluding carboxylic acids is 3. The van der Waals surface area contributed by atoms with Gasteiger partial charge in [0.1, 0.15) is 0 Å². The van der Waals surface area contributed by atoms with Crippen LogP contribution in [-0.2, 0) is 25.8 Å². The normalized spacial score (nSPS) is 14.5. The Morgan fingerprint density at radius 2 is 1.52 bits per heavy atom. The van der Waals surface area contributed by atoms with Crippen molar-refractivity contribution < 1.29 is 22.8 Å². The van der Waals surface area contributed by atoms with E-state index in [1.54, 1.807) is 53.8 Å². The second-order valence-electron chi connectivity index (χ2n) is 9.64. The first kappa shape index (κ1) is 34.5. The van der Waals surface area contributed by atoms with Gasteiger partial charge >= 0.3 is 0 Å². The molecule has 2 aliphatic rings. The number of fused-ring (bicyclic) bond motifs is 4. The number of hydrogen-bond acceptors (Lipinski definition) is 10. The fourth-order valence-electron chi connectivity index (χ4n) is 3.98. The summed E-state index contributed by atoms with van der Waals surface area (Å²) in [7, 11) is 0.0967. The highest BCUT2D eigenvalue weighted by Gasteiger charge is 2.25. The maximum absolute atomic E-state index is 12.3. The summed E-state index contributed by atoms with van der Waals surface area (Å²) in [6, 6.07) is 9.82. The van der Waals surface area contributed by atoms with Crippen molar-refractivity contribution in [1.82, 2.24) is 14.9 Å². The fraction of sp³-hybridized carbons (Fsp3) is 0.214. The third kappa shape index (κ3) is 9.26. The van der Waals surface area contributed by atoms with Crippen LogP contribution < -0.4 is 16.4 Å². The van der Waals surface area contributed by atoms with E-state index < -0.39 is 9.84 Å². The SMILES string of the molecule is CN(C)/C=C1\CC(=O)Nc2cc(Cl)ccc2C1=O.CS(=O)(=O)c1ncc2c(n1)-c1ccc(Cl)cc1NC(=O)C2.CSC(=N)N. The van der Waals surface area contributed by atoms with Crippen molar-refractivity contribution >= 4 is 78.9 Å². The number of amides is 2. The average Bonchev–Trinajstić information content (AvgIpc) is 3.13. The monoisotopic (exact) mass is 677 g/mol. The van der Waals surface area contributed by atoms with E-state index >= 15 is 0 Å². The van der Waals surface area contributed by atoms with Crippen molar-refractivity contribution in [2.45, 2.75) is 18.0 Å². The van der Waals surface area contributed by atoms with Gasteiger partial charge in [0.15, 0.2) is 11.0 Å². The van der Waals surface area contributed by atoms with Gasteiger partial charge in [-0.05, 0) is 42.7 Å². The Morgan fingerprint density at radius 1 is 1.00 bits per heavy atom. The first-order valence-electron chi connectivity index (χ1n) is 12.6. The number of sulfone groups is 1. The van der Waals surface area contributed by atoms with Crippen LogP contribution in [0.25, 0.3) is 11.3 Å². The Morgan fingerprint density at radius 3 is 2.05 bits per heavy atom. The molecule has 3 heterocycles. The minimum absolute atomic E-state index is 0.0727. The lowest BCUT2D eigenvalue weighted by molar-refractivity contribution is -0.116. The number of anilines is 2. The quantitative estimate of drug-likeness (QED) is 0.132. The molecule has 0 saturated heterocycles. The summed E-state index contributed by atoms with van der Waals surface area (Å²) >= 11 is 13.0. The van der Waals surface area contributed by atoms with Gasteiger partial charge < -0.3 is 21.3 Å². The standard InChI is InChI=1S/C13H10ClN3O3S.C13H13ClN2O2.C2H6N2S/c1-21(19,20)13-15-6-7-4-11(18)16-10-5-8(14)2-3-9(10)12(7)17-13;1-16(2)7-8-5-12(17)15-11-6-9(14)3-4-10(11)13(8)18;1-5-2(3)4/h2-3,5-6H,4H2,1H3,(H,16,18);3-4,6-7H,5H2,1-2H3,(H,15,17);1H3,(H3,3,4)/b;8-7+;. The van der Waals surface area contributed by atoms with Gasteiger partial charge in [-0.25, -0.2) is 18.4 Å². The number of aromatic nitrogens is 2. The summed E-state index contributed by atoms with van der Waals surface area (Å²) in [4.78, 5) is 45.6. The highest BCUT2D eigenvalue weighted by molar-refractivity contribution is 8.13. The molecule has 0 saturated carbocycles. The van der Waals surface area contributed by atoms with E-state index in [-0.39, 0.29) is 40.8 Å². The molecule has 5 rings (SSSR count). The average molecular weight is 679 g/mol. The summed E-state index contributed by atoms with van der Waals surface area (Å²) < 4.78 is 23.2. The summed E-state index contributed by atoms with van der Waals surface area (Å²) in [5.74, 6) is -0.584. The van der Waals surface area contributed by atoms with Gasteiger partial charge in [0.2, 0.25) is 26.8 Å². The first-order valence-corrected chi connectivity index (χ1v) is 16.5. The summed E-state index contributed by atoms with van der Waals surface area (Å²) in [5.41, 5.74) is 8.37. The highest BCUT2D eigenvalue weighted by Crippen LogP contribution is 2.34. The minimum Gasteiger partial charge on any atom is -0.383 e. The van der Waals surface area contributed by atoms with Crippen LogP contribution in [0.15, 0.2) is 59.5 Å². The van der Waals surface area contributed by atoms with Gasteiger partial charge in [-0.15, -0.1) is 0 Å². The predicted molar refractivity (Wildman–Crippen MR) is 174 cm³/mol. The van der Waals surface area contributed by atoms with Crippen LogP contribution in [0.3, 0.4) is 0 Å². The molecule has 0 atom stereocenters. The number of rotatable bonds is 2. The molecule has 0 bridgehead atoms. The first-order chi connectivity index (χ1) is 20.6. The summed E-state index contributed by atoms with van der Waals surface area (Å²) in [6.07, 6.45) is 6.00. The fourth-order valence-corrected chi connectivity index (χ4v) is 4.83. The zero-order valence-electron chi connectivity index (χ0n) is 24.1. The van der Waals surface area contributed by atoms with Gasteiger partial charge in [0, 0.05) is 65.1 Å². The van der Waals surface area contributed by atoms with Gasteiger partial charge in [-0.3, -0.25) is 19.8 Å². The molecule has 0 fully saturated rings. The lowest BCUT2D eigenvalue weighted by Crippen LogP contribution is -2.13. The van der Waals surface area contributed by atoms with Crippen LogP contribution in [0.4, 0.5) is 11.4 Å². The third-order valence-corrected chi connectivity index (χ3v) is 7.58. The Hall–Kier alpha value is -3.98. The van der Waals surface area contributed by atoms with E-state index in [0.717, 1.165) is 6.26 Å². The molecule has 5 N–H and O–H groups in total. The van der Waals surface area contributed by atoms with Gasteiger partial charge in [-0.1, -0.05) is 35.0 Å². The molecule has 3 aromatic rings. The van der Waals surface area contributed by atoms with Crippen molar-refractivity contribution in [2.75, 3.05) is 37.2 Å². The molecular weight excluding hydrogens is 649 g/mol. The molecule has 16 heteroatoms. The second kappa shape index (κ2) is 14.7. The van der Waals surface area contributed by atoms with Crippen LogP contribution in [-0.4, -0.2) is 72.7 Å². The molecule has 2 amide bonds.